The van der Waals surface area contributed by atoms with E-state index in [1.54, 1.807) is 12.1 Å². The van der Waals surface area contributed by atoms with Gasteiger partial charge in [-0.3, -0.25) is 29.4 Å². The molecule has 1 saturated carbocycles. The number of fused-ring (bicyclic) bond motifs is 1. The van der Waals surface area contributed by atoms with Gasteiger partial charge < -0.3 is 11.1 Å². The lowest BCUT2D eigenvalue weighted by Crippen LogP contribution is -2.54. The second-order valence-corrected chi connectivity index (χ2v) is 9.96. The summed E-state index contributed by atoms with van der Waals surface area (Å²) in [6.45, 7) is 5.78. The fraction of sp³-hybridized carbons (Fsp3) is 0.565. The Labute approximate surface area is 181 Å². The van der Waals surface area contributed by atoms with Crippen LogP contribution in [0.15, 0.2) is 18.2 Å². The van der Waals surface area contributed by atoms with Crippen molar-refractivity contribution in [2.45, 2.75) is 70.5 Å². The summed E-state index contributed by atoms with van der Waals surface area (Å²) in [6, 6.07) is 4.22. The molecule has 1 saturated heterocycles. The minimum Gasteiger partial charge on any atom is -0.324 e. The second kappa shape index (κ2) is 7.84. The number of nitrogens with two attached hydrogens (primary N) is 1. The number of hydrogen-bond acceptors (Lipinski definition) is 6. The molecule has 8 heteroatoms. The average Bonchev–Trinajstić information content (AvgIpc) is 2.95. The van der Waals surface area contributed by atoms with Gasteiger partial charge in [-0.1, -0.05) is 19.9 Å². The molecule has 1 aromatic carbocycles. The molecule has 8 nitrogen and oxygen atoms in total. The van der Waals surface area contributed by atoms with E-state index >= 15 is 0 Å². The Morgan fingerprint density at radius 3 is 2.42 bits per heavy atom. The molecule has 1 aliphatic carbocycles. The van der Waals surface area contributed by atoms with Crippen LogP contribution >= 0.6 is 0 Å². The summed E-state index contributed by atoms with van der Waals surface area (Å²) in [5.74, 6) is -1.96. The minimum atomic E-state index is -0.945. The Morgan fingerprint density at radius 1 is 1.06 bits per heavy atom. The summed E-state index contributed by atoms with van der Waals surface area (Å²) in [5.41, 5.74) is 8.17. The molecule has 1 atom stereocenters. The maximum atomic E-state index is 12.9. The molecule has 0 bridgehead atoms. The molecule has 3 aliphatic rings. The number of carbonyl (C=O) groups is 4. The Bertz CT molecular complexity index is 945. The van der Waals surface area contributed by atoms with E-state index in [1.807, 2.05) is 6.07 Å². The molecule has 1 unspecified atom stereocenters. The van der Waals surface area contributed by atoms with Gasteiger partial charge in [-0.2, -0.15) is 0 Å². The van der Waals surface area contributed by atoms with Crippen LogP contribution in [0, 0.1) is 5.41 Å². The van der Waals surface area contributed by atoms with Crippen molar-refractivity contribution in [1.29, 1.82) is 0 Å². The minimum absolute atomic E-state index is 0.108. The average molecular weight is 427 g/mol. The van der Waals surface area contributed by atoms with Gasteiger partial charge in [-0.15, -0.1) is 0 Å². The highest BCUT2D eigenvalue weighted by atomic mass is 16.2. The van der Waals surface area contributed by atoms with Crippen molar-refractivity contribution in [1.82, 2.24) is 15.5 Å². The van der Waals surface area contributed by atoms with Gasteiger partial charge in [0.25, 0.3) is 11.8 Å². The number of nitrogens with zero attached hydrogens (tertiary/aromatic N) is 1. The van der Waals surface area contributed by atoms with Crippen molar-refractivity contribution in [3.8, 4) is 0 Å². The van der Waals surface area contributed by atoms with Gasteiger partial charge in [-0.25, -0.2) is 0 Å². The topological polar surface area (TPSA) is 122 Å². The van der Waals surface area contributed by atoms with Gasteiger partial charge >= 0.3 is 0 Å². The predicted molar refractivity (Wildman–Crippen MR) is 114 cm³/mol. The smallest absolute Gasteiger partial charge is 0.262 e. The zero-order valence-corrected chi connectivity index (χ0v) is 18.1. The Kier molecular flexibility index (Phi) is 5.47. The van der Waals surface area contributed by atoms with Crippen LogP contribution in [0.25, 0.3) is 0 Å². The number of carbonyl (C=O) groups excluding carboxylic acids is 4. The van der Waals surface area contributed by atoms with E-state index in [4.69, 9.17) is 5.73 Å². The normalized spacial score (nSPS) is 24.9. The molecule has 31 heavy (non-hydrogen) atoms. The summed E-state index contributed by atoms with van der Waals surface area (Å²) in [7, 11) is 0. The molecule has 166 valence electrons. The molecule has 2 heterocycles. The van der Waals surface area contributed by atoms with Crippen LogP contribution in [0.2, 0.25) is 0 Å². The van der Waals surface area contributed by atoms with E-state index in [1.165, 1.54) is 0 Å². The van der Waals surface area contributed by atoms with E-state index in [-0.39, 0.29) is 24.3 Å². The number of piperidine rings is 1. The summed E-state index contributed by atoms with van der Waals surface area (Å²) in [5, 5.41) is 5.61. The summed E-state index contributed by atoms with van der Waals surface area (Å²) < 4.78 is 0. The highest BCUT2D eigenvalue weighted by Crippen LogP contribution is 2.38. The first-order valence-electron chi connectivity index (χ1n) is 10.9. The number of hydrogen-bond donors (Lipinski definition) is 3. The van der Waals surface area contributed by atoms with E-state index < -0.39 is 23.8 Å². The predicted octanol–water partition coefficient (Wildman–Crippen LogP) is 1.48. The third kappa shape index (κ3) is 4.27. The van der Waals surface area contributed by atoms with E-state index in [0.717, 1.165) is 36.1 Å². The first-order valence-corrected chi connectivity index (χ1v) is 10.9. The molecule has 4 N–H and O–H groups in total. The van der Waals surface area contributed by atoms with E-state index in [2.05, 4.69) is 24.5 Å². The fourth-order valence-electron chi connectivity index (χ4n) is 4.69. The highest BCUT2D eigenvalue weighted by Gasteiger charge is 2.44. The lowest BCUT2D eigenvalue weighted by molar-refractivity contribution is -0.136. The van der Waals surface area contributed by atoms with E-state index in [9.17, 15) is 19.2 Å². The van der Waals surface area contributed by atoms with Crippen molar-refractivity contribution < 1.29 is 19.2 Å². The van der Waals surface area contributed by atoms with Gasteiger partial charge in [0.1, 0.15) is 6.04 Å². The molecule has 4 rings (SSSR count). The van der Waals surface area contributed by atoms with Crippen molar-refractivity contribution >= 4 is 23.6 Å². The third-order valence-electron chi connectivity index (χ3n) is 6.91. The van der Waals surface area contributed by atoms with Gasteiger partial charge in [-0.05, 0) is 55.2 Å². The van der Waals surface area contributed by atoms with Gasteiger partial charge in [0.05, 0.1) is 11.1 Å². The molecule has 0 radical (unpaired) electrons. The quantitative estimate of drug-likeness (QED) is 0.613. The maximum absolute atomic E-state index is 12.9. The number of nitrogens with one attached hydrogen (secondary N) is 2. The molecular weight excluding hydrogens is 396 g/mol. The summed E-state index contributed by atoms with van der Waals surface area (Å²) in [6.07, 6.45) is 4.43. The molecule has 1 aromatic rings. The van der Waals surface area contributed by atoms with Crippen molar-refractivity contribution in [2.75, 3.05) is 6.54 Å². The number of amides is 4. The third-order valence-corrected chi connectivity index (χ3v) is 6.91. The summed E-state index contributed by atoms with van der Waals surface area (Å²) in [4.78, 5) is 50.2. The Hall–Kier alpha value is -2.58. The maximum Gasteiger partial charge on any atom is 0.262 e. The fourth-order valence-corrected chi connectivity index (χ4v) is 4.69. The van der Waals surface area contributed by atoms with Gasteiger partial charge in [0, 0.05) is 25.0 Å². The largest absolute Gasteiger partial charge is 0.324 e. The first kappa shape index (κ1) is 21.6. The van der Waals surface area contributed by atoms with E-state index in [0.29, 0.717) is 29.6 Å². The second-order valence-electron chi connectivity index (χ2n) is 9.96. The molecule has 2 fully saturated rings. The Balaban J connectivity index is 1.40. The zero-order chi connectivity index (χ0) is 22.4. The monoisotopic (exact) mass is 426 g/mol. The number of benzene rings is 1. The molecule has 0 aromatic heterocycles. The van der Waals surface area contributed by atoms with Crippen LogP contribution in [0.1, 0.15) is 78.7 Å². The number of imide groups is 2. The van der Waals surface area contributed by atoms with Crippen molar-refractivity contribution in [2.24, 2.45) is 11.1 Å². The van der Waals surface area contributed by atoms with Crippen molar-refractivity contribution in [3.63, 3.8) is 0 Å². The van der Waals surface area contributed by atoms with Crippen LogP contribution in [-0.2, 0) is 16.1 Å². The lowest BCUT2D eigenvalue weighted by atomic mass is 9.70. The molecule has 4 amide bonds. The molecule has 0 spiro atoms. The first-order chi connectivity index (χ1) is 14.6. The van der Waals surface area contributed by atoms with Crippen molar-refractivity contribution in [3.05, 3.63) is 34.9 Å². The van der Waals surface area contributed by atoms with Gasteiger partial charge in [0.2, 0.25) is 11.8 Å². The van der Waals surface area contributed by atoms with Crippen LogP contribution in [0.5, 0.6) is 0 Å². The molecule has 2 aliphatic heterocycles. The van der Waals surface area contributed by atoms with Crippen LogP contribution in [0.4, 0.5) is 0 Å². The molecular formula is C23H30N4O4. The van der Waals surface area contributed by atoms with Gasteiger partial charge in [0.15, 0.2) is 0 Å². The standard InChI is InChI=1S/C23H30N4O4/c1-22(2)7-9-23(24,10-8-22)13-25-12-14-3-4-15-16(11-14)21(31)27(20(15)30)17-5-6-18(28)26-19(17)29/h3-4,11,17,25H,5-10,12-13,24H2,1-2H3,(H,26,28,29). The Morgan fingerprint density at radius 2 is 1.74 bits per heavy atom. The van der Waals surface area contributed by atoms with Crippen LogP contribution < -0.4 is 16.4 Å². The lowest BCUT2D eigenvalue weighted by Gasteiger charge is -2.41. The van der Waals surface area contributed by atoms with Crippen LogP contribution in [0.3, 0.4) is 0 Å². The number of rotatable bonds is 5. The summed E-state index contributed by atoms with van der Waals surface area (Å²) >= 11 is 0. The SMILES string of the molecule is CC1(C)CCC(N)(CNCc2ccc3c(c2)C(=O)N(C2CCC(=O)NC2=O)C3=O)CC1. The highest BCUT2D eigenvalue weighted by molar-refractivity contribution is 6.23. The van der Waals surface area contributed by atoms with Crippen LogP contribution in [-0.4, -0.2) is 46.7 Å². The zero-order valence-electron chi connectivity index (χ0n) is 18.1.